The third kappa shape index (κ3) is 6.93. The first-order valence-electron chi connectivity index (χ1n) is 7.28. The summed E-state index contributed by atoms with van der Waals surface area (Å²) in [5.74, 6) is -2.71. The van der Waals surface area contributed by atoms with E-state index in [9.17, 15) is 0 Å². The molecule has 0 unspecified atom stereocenters. The second kappa shape index (κ2) is 10.0. The van der Waals surface area contributed by atoms with Crippen LogP contribution >= 0.6 is 0 Å². The predicted molar refractivity (Wildman–Crippen MR) is 90.0 cm³/mol. The Labute approximate surface area is 140 Å². The molecule has 0 saturated carbocycles. The van der Waals surface area contributed by atoms with Gasteiger partial charge in [0.1, 0.15) is 5.75 Å². The van der Waals surface area contributed by atoms with Crippen molar-refractivity contribution in [2.24, 2.45) is 0 Å². The summed E-state index contributed by atoms with van der Waals surface area (Å²) in [6.07, 6.45) is 0. The monoisotopic (exact) mass is 331 g/mol. The molecule has 0 heterocycles. The van der Waals surface area contributed by atoms with Crippen LogP contribution < -0.4 is 10.1 Å². The zero-order chi connectivity index (χ0) is 17.9. The maximum Gasteiger partial charge on any atom is 0.414 e. The molecule has 0 spiro atoms. The molecule has 2 aromatic carbocycles. The van der Waals surface area contributed by atoms with E-state index in [-0.39, 0.29) is 0 Å². The van der Waals surface area contributed by atoms with E-state index in [4.69, 9.17) is 24.5 Å². The van der Waals surface area contributed by atoms with Crippen LogP contribution in [0.15, 0.2) is 48.5 Å². The van der Waals surface area contributed by atoms with Gasteiger partial charge in [0.05, 0.1) is 7.11 Å². The van der Waals surface area contributed by atoms with Crippen LogP contribution in [0.4, 0.5) is 0 Å². The summed E-state index contributed by atoms with van der Waals surface area (Å²) >= 11 is 0. The molecule has 0 amide bonds. The maximum atomic E-state index is 9.10. The number of para-hydroxylation sites is 1. The number of aliphatic carboxylic acids is 2. The zero-order valence-electron chi connectivity index (χ0n) is 13.7. The highest BCUT2D eigenvalue weighted by Crippen LogP contribution is 2.16. The Morgan fingerprint density at radius 3 is 2.08 bits per heavy atom. The van der Waals surface area contributed by atoms with E-state index < -0.39 is 11.9 Å². The zero-order valence-corrected chi connectivity index (χ0v) is 13.7. The van der Waals surface area contributed by atoms with E-state index in [0.717, 1.165) is 18.8 Å². The van der Waals surface area contributed by atoms with E-state index in [1.807, 2.05) is 18.2 Å². The van der Waals surface area contributed by atoms with Crippen LogP contribution in [0.5, 0.6) is 5.75 Å². The number of aryl methyl sites for hydroxylation is 1. The van der Waals surface area contributed by atoms with E-state index >= 15 is 0 Å². The Balaban J connectivity index is 0.000000413. The largest absolute Gasteiger partial charge is 0.496 e. The van der Waals surface area contributed by atoms with Crippen molar-refractivity contribution in [3.8, 4) is 5.75 Å². The number of carbonyl (C=O) groups is 2. The van der Waals surface area contributed by atoms with Crippen molar-refractivity contribution in [3.63, 3.8) is 0 Å². The van der Waals surface area contributed by atoms with Gasteiger partial charge in [-0.05, 0) is 18.6 Å². The van der Waals surface area contributed by atoms with Crippen LogP contribution in [-0.4, -0.2) is 29.3 Å². The fourth-order valence-corrected chi connectivity index (χ4v) is 1.90. The van der Waals surface area contributed by atoms with Gasteiger partial charge < -0.3 is 20.3 Å². The first-order valence-corrected chi connectivity index (χ1v) is 7.28. The average molecular weight is 331 g/mol. The molecule has 0 aliphatic carbocycles. The number of carboxylic acid groups (broad SMARTS) is 2. The lowest BCUT2D eigenvalue weighted by Crippen LogP contribution is -2.13. The first-order chi connectivity index (χ1) is 11.4. The molecule has 0 atom stereocenters. The van der Waals surface area contributed by atoms with Gasteiger partial charge in [0.2, 0.25) is 0 Å². The van der Waals surface area contributed by atoms with Gasteiger partial charge in [-0.15, -0.1) is 0 Å². The van der Waals surface area contributed by atoms with Crippen molar-refractivity contribution in [3.05, 3.63) is 65.2 Å². The lowest BCUT2D eigenvalue weighted by Gasteiger charge is -2.09. The molecule has 0 aliphatic rings. The summed E-state index contributed by atoms with van der Waals surface area (Å²) in [4.78, 5) is 18.2. The third-order valence-corrected chi connectivity index (χ3v) is 3.14. The molecule has 24 heavy (non-hydrogen) atoms. The highest BCUT2D eigenvalue weighted by molar-refractivity contribution is 6.27. The van der Waals surface area contributed by atoms with Gasteiger partial charge in [-0.2, -0.15) is 0 Å². The first kappa shape index (κ1) is 19.2. The van der Waals surface area contributed by atoms with Gasteiger partial charge in [0, 0.05) is 18.7 Å². The number of nitrogens with one attached hydrogen (secondary N) is 1. The highest BCUT2D eigenvalue weighted by atomic mass is 16.5. The topological polar surface area (TPSA) is 95.9 Å². The van der Waals surface area contributed by atoms with E-state index in [1.54, 1.807) is 7.11 Å². The number of hydrogen-bond donors (Lipinski definition) is 3. The Kier molecular flexibility index (Phi) is 8.01. The molecule has 0 aliphatic heterocycles. The van der Waals surface area contributed by atoms with E-state index in [0.29, 0.717) is 0 Å². The summed E-state index contributed by atoms with van der Waals surface area (Å²) in [5, 5.41) is 18.2. The Bertz CT molecular complexity index is 655. The second-order valence-electron chi connectivity index (χ2n) is 5.01. The minimum Gasteiger partial charge on any atom is -0.496 e. The van der Waals surface area contributed by atoms with Crippen molar-refractivity contribution in [1.29, 1.82) is 0 Å². The number of methoxy groups -OCH3 is 1. The molecular formula is C18H21NO5. The highest BCUT2D eigenvalue weighted by Gasteiger charge is 2.04. The third-order valence-electron chi connectivity index (χ3n) is 3.14. The van der Waals surface area contributed by atoms with Crippen LogP contribution in [0.25, 0.3) is 0 Å². The van der Waals surface area contributed by atoms with Crippen LogP contribution in [0, 0.1) is 6.92 Å². The summed E-state index contributed by atoms with van der Waals surface area (Å²) in [5.41, 5.74) is 3.78. The molecule has 0 saturated heterocycles. The van der Waals surface area contributed by atoms with Crippen molar-refractivity contribution < 1.29 is 24.5 Å². The van der Waals surface area contributed by atoms with Crippen molar-refractivity contribution in [2.75, 3.05) is 7.11 Å². The molecule has 128 valence electrons. The quantitative estimate of drug-likeness (QED) is 0.728. The lowest BCUT2D eigenvalue weighted by molar-refractivity contribution is -0.159. The SMILES string of the molecule is COc1ccccc1CNCc1ccc(C)cc1.O=C(O)C(=O)O. The molecule has 0 fully saturated rings. The fraction of sp³-hybridized carbons (Fsp3) is 0.222. The molecule has 0 aromatic heterocycles. The smallest absolute Gasteiger partial charge is 0.414 e. The van der Waals surface area contributed by atoms with Gasteiger partial charge in [-0.25, -0.2) is 9.59 Å². The minimum atomic E-state index is -1.82. The van der Waals surface area contributed by atoms with Crippen LogP contribution in [0.3, 0.4) is 0 Å². The van der Waals surface area contributed by atoms with Gasteiger partial charge in [0.15, 0.2) is 0 Å². The standard InChI is InChI=1S/C16H19NO.C2H2O4/c1-13-7-9-14(10-8-13)11-17-12-15-5-3-4-6-16(15)18-2;3-1(4)2(5)6/h3-10,17H,11-12H2,1-2H3;(H,3,4)(H,5,6). The van der Waals surface area contributed by atoms with Crippen molar-refractivity contribution in [1.82, 2.24) is 5.32 Å². The predicted octanol–water partition coefficient (Wildman–Crippen LogP) is 2.45. The van der Waals surface area contributed by atoms with Crippen LogP contribution in [0.1, 0.15) is 16.7 Å². The molecular weight excluding hydrogens is 310 g/mol. The Morgan fingerprint density at radius 2 is 1.54 bits per heavy atom. The minimum absolute atomic E-state index is 0.817. The normalized spacial score (nSPS) is 9.58. The fourth-order valence-electron chi connectivity index (χ4n) is 1.90. The summed E-state index contributed by atoms with van der Waals surface area (Å²) in [6, 6.07) is 16.7. The molecule has 6 heteroatoms. The molecule has 6 nitrogen and oxygen atoms in total. The van der Waals surface area contributed by atoms with Crippen LogP contribution in [-0.2, 0) is 22.7 Å². The number of ether oxygens (including phenoxy) is 1. The number of benzene rings is 2. The number of carboxylic acids is 2. The summed E-state index contributed by atoms with van der Waals surface area (Å²) in [7, 11) is 1.71. The lowest BCUT2D eigenvalue weighted by atomic mass is 10.1. The summed E-state index contributed by atoms with van der Waals surface area (Å²) < 4.78 is 5.32. The molecule has 2 rings (SSSR count). The van der Waals surface area contributed by atoms with E-state index in [1.165, 1.54) is 16.7 Å². The van der Waals surface area contributed by atoms with Crippen LogP contribution in [0.2, 0.25) is 0 Å². The molecule has 0 bridgehead atoms. The van der Waals surface area contributed by atoms with Gasteiger partial charge >= 0.3 is 11.9 Å². The average Bonchev–Trinajstić information content (AvgIpc) is 2.57. The molecule has 0 radical (unpaired) electrons. The van der Waals surface area contributed by atoms with E-state index in [2.05, 4.69) is 42.6 Å². The summed E-state index contributed by atoms with van der Waals surface area (Å²) in [6.45, 7) is 3.79. The second-order valence-corrected chi connectivity index (χ2v) is 5.01. The maximum absolute atomic E-state index is 9.10. The number of rotatable bonds is 5. The van der Waals surface area contributed by atoms with Gasteiger partial charge in [0.25, 0.3) is 0 Å². The van der Waals surface area contributed by atoms with Crippen molar-refractivity contribution in [2.45, 2.75) is 20.0 Å². The number of hydrogen-bond acceptors (Lipinski definition) is 4. The Hall–Kier alpha value is -2.86. The Morgan fingerprint density at radius 1 is 0.958 bits per heavy atom. The molecule has 3 N–H and O–H groups in total. The van der Waals surface area contributed by atoms with Crippen molar-refractivity contribution >= 4 is 11.9 Å². The molecule has 2 aromatic rings. The van der Waals surface area contributed by atoms with Gasteiger partial charge in [-0.3, -0.25) is 0 Å². The van der Waals surface area contributed by atoms with Gasteiger partial charge in [-0.1, -0.05) is 48.0 Å².